The van der Waals surface area contributed by atoms with Gasteiger partial charge < -0.3 is 4.42 Å². The molecule has 56 heavy (non-hydrogen) atoms. The molecule has 4 heteroatoms. The Hall–Kier alpha value is -7.43. The maximum Gasteiger partial charge on any atom is 0.164 e. The molecule has 0 saturated heterocycles. The average molecular weight is 716 g/mol. The lowest BCUT2D eigenvalue weighted by Gasteiger charge is -2.21. The molecular weight excluding hydrogens is 683 g/mol. The van der Waals surface area contributed by atoms with Crippen molar-refractivity contribution in [2.75, 3.05) is 0 Å². The zero-order valence-electron chi connectivity index (χ0n) is 30.3. The number of para-hydroxylation sites is 1. The fourth-order valence-corrected chi connectivity index (χ4v) is 8.55. The Labute approximate surface area is 324 Å². The quantitative estimate of drug-likeness (QED) is 0.172. The molecule has 2 aromatic heterocycles. The Balaban J connectivity index is 1.22. The van der Waals surface area contributed by atoms with Crippen molar-refractivity contribution in [2.24, 2.45) is 0 Å². The summed E-state index contributed by atoms with van der Waals surface area (Å²) < 4.78 is 6.50. The van der Waals surface area contributed by atoms with Crippen LogP contribution in [0.1, 0.15) is 22.6 Å². The molecule has 0 amide bonds. The summed E-state index contributed by atoms with van der Waals surface area (Å²) in [6, 6.07) is 68.0. The number of hydrogen-bond donors (Lipinski definition) is 0. The number of hydrogen-bond acceptors (Lipinski definition) is 4. The summed E-state index contributed by atoms with van der Waals surface area (Å²) >= 11 is 0. The lowest BCUT2D eigenvalue weighted by Crippen LogP contribution is -2.06. The van der Waals surface area contributed by atoms with Gasteiger partial charge in [-0.1, -0.05) is 176 Å². The van der Waals surface area contributed by atoms with Crippen molar-refractivity contribution in [1.29, 1.82) is 0 Å². The fourth-order valence-electron chi connectivity index (χ4n) is 8.55. The highest BCUT2D eigenvalue weighted by molar-refractivity contribution is 6.11. The van der Waals surface area contributed by atoms with Gasteiger partial charge in [0.2, 0.25) is 0 Å². The second kappa shape index (κ2) is 13.2. The molecule has 10 aromatic rings. The van der Waals surface area contributed by atoms with E-state index in [2.05, 4.69) is 152 Å². The zero-order chi connectivity index (χ0) is 37.0. The number of benzene rings is 8. The van der Waals surface area contributed by atoms with Crippen molar-refractivity contribution in [1.82, 2.24) is 15.0 Å². The molecule has 1 aliphatic rings. The fraction of sp³-hybridized carbons (Fsp3) is 0.0192. The first-order valence-corrected chi connectivity index (χ1v) is 19.0. The predicted octanol–water partition coefficient (Wildman–Crippen LogP) is 13.3. The second-order valence-electron chi connectivity index (χ2n) is 14.3. The van der Waals surface area contributed by atoms with E-state index in [0.29, 0.717) is 17.5 Å². The summed E-state index contributed by atoms with van der Waals surface area (Å²) in [7, 11) is 0. The maximum atomic E-state index is 6.50. The van der Waals surface area contributed by atoms with E-state index in [1.54, 1.807) is 0 Å². The van der Waals surface area contributed by atoms with Crippen LogP contribution in [0.5, 0.6) is 0 Å². The molecule has 2 heterocycles. The van der Waals surface area contributed by atoms with E-state index in [-0.39, 0.29) is 5.92 Å². The monoisotopic (exact) mass is 715 g/mol. The van der Waals surface area contributed by atoms with Gasteiger partial charge >= 0.3 is 0 Å². The number of rotatable bonds is 6. The first-order chi connectivity index (χ1) is 27.8. The first-order valence-electron chi connectivity index (χ1n) is 19.0. The highest BCUT2D eigenvalue weighted by atomic mass is 16.3. The minimum Gasteiger partial charge on any atom is -0.456 e. The number of nitrogens with zero attached hydrogens (tertiary/aromatic N) is 3. The van der Waals surface area contributed by atoms with E-state index >= 15 is 0 Å². The largest absolute Gasteiger partial charge is 0.456 e. The molecule has 4 nitrogen and oxygen atoms in total. The van der Waals surface area contributed by atoms with Crippen molar-refractivity contribution in [3.63, 3.8) is 0 Å². The van der Waals surface area contributed by atoms with Crippen LogP contribution in [-0.2, 0) is 0 Å². The molecule has 1 unspecified atom stereocenters. The summed E-state index contributed by atoms with van der Waals surface area (Å²) in [5, 5.41) is 2.26. The normalized spacial score (nSPS) is 13.2. The average Bonchev–Trinajstić information content (AvgIpc) is 3.83. The molecule has 262 valence electrons. The number of aromatic nitrogens is 3. The third-order valence-electron chi connectivity index (χ3n) is 11.1. The van der Waals surface area contributed by atoms with Gasteiger partial charge in [-0.05, 0) is 68.3 Å². The van der Waals surface area contributed by atoms with Crippen LogP contribution in [0.2, 0.25) is 0 Å². The van der Waals surface area contributed by atoms with Crippen LogP contribution < -0.4 is 0 Å². The van der Waals surface area contributed by atoms with Crippen LogP contribution in [0.4, 0.5) is 0 Å². The Morgan fingerprint density at radius 1 is 0.339 bits per heavy atom. The van der Waals surface area contributed by atoms with Crippen molar-refractivity contribution in [3.05, 3.63) is 211 Å². The summed E-state index contributed by atoms with van der Waals surface area (Å²) in [4.78, 5) is 15.7. The predicted molar refractivity (Wildman–Crippen MR) is 227 cm³/mol. The van der Waals surface area contributed by atoms with E-state index in [0.717, 1.165) is 55.3 Å². The van der Waals surface area contributed by atoms with Gasteiger partial charge in [0.1, 0.15) is 11.2 Å². The van der Waals surface area contributed by atoms with E-state index in [9.17, 15) is 0 Å². The van der Waals surface area contributed by atoms with Gasteiger partial charge in [0.05, 0.1) is 0 Å². The molecular formula is C52H33N3O. The van der Waals surface area contributed by atoms with Crippen molar-refractivity contribution in [2.45, 2.75) is 5.92 Å². The van der Waals surface area contributed by atoms with Gasteiger partial charge in [-0.3, -0.25) is 0 Å². The third-order valence-corrected chi connectivity index (χ3v) is 11.1. The third kappa shape index (κ3) is 5.26. The smallest absolute Gasteiger partial charge is 0.164 e. The standard InChI is InChI=1S/C52H33N3O/c1-4-16-33(17-5-1)37-22-10-11-23-38(37)36-28-29-42(44(32-36)52-54-50(34-18-6-2-7-19-34)53-51(55-52)35-20-8-3-9-21-35)47-40-25-13-12-24-39(40)41-30-31-46-48(49(41)47)43-26-14-15-27-45(43)56-46/h1-32,47H. The van der Waals surface area contributed by atoms with Crippen LogP contribution >= 0.6 is 0 Å². The lowest BCUT2D eigenvalue weighted by atomic mass is 9.82. The van der Waals surface area contributed by atoms with Crippen molar-refractivity contribution in [3.8, 4) is 67.5 Å². The molecule has 0 bridgehead atoms. The molecule has 0 saturated carbocycles. The van der Waals surface area contributed by atoms with Crippen molar-refractivity contribution < 1.29 is 4.42 Å². The van der Waals surface area contributed by atoms with Gasteiger partial charge in [0.25, 0.3) is 0 Å². The molecule has 0 aliphatic heterocycles. The Kier molecular flexibility index (Phi) is 7.52. The molecule has 0 N–H and O–H groups in total. The molecule has 1 atom stereocenters. The number of furan rings is 1. The van der Waals surface area contributed by atoms with Crippen LogP contribution in [0.25, 0.3) is 89.5 Å². The molecule has 0 radical (unpaired) electrons. The summed E-state index contributed by atoms with van der Waals surface area (Å²) in [6.45, 7) is 0. The van der Waals surface area contributed by atoms with E-state index in [4.69, 9.17) is 19.4 Å². The Morgan fingerprint density at radius 3 is 1.57 bits per heavy atom. The summed E-state index contributed by atoms with van der Waals surface area (Å²) in [5.41, 5.74) is 15.2. The highest BCUT2D eigenvalue weighted by Crippen LogP contribution is 2.54. The first kappa shape index (κ1) is 32.0. The van der Waals surface area contributed by atoms with Gasteiger partial charge in [0.15, 0.2) is 17.5 Å². The minimum absolute atomic E-state index is 0.114. The van der Waals surface area contributed by atoms with Gasteiger partial charge in [-0.2, -0.15) is 0 Å². The van der Waals surface area contributed by atoms with E-state index in [1.807, 2.05) is 42.5 Å². The Morgan fingerprint density at radius 2 is 0.875 bits per heavy atom. The number of fused-ring (bicyclic) bond motifs is 7. The van der Waals surface area contributed by atoms with Crippen LogP contribution in [0.15, 0.2) is 199 Å². The second-order valence-corrected chi connectivity index (χ2v) is 14.3. The van der Waals surface area contributed by atoms with Gasteiger partial charge in [-0.15, -0.1) is 0 Å². The maximum absolute atomic E-state index is 6.50. The molecule has 1 aliphatic carbocycles. The molecule has 8 aromatic carbocycles. The Bertz CT molecular complexity index is 3020. The SMILES string of the molecule is c1ccc(-c2nc(-c3ccccc3)nc(-c3cc(-c4ccccc4-c4ccccc4)ccc3C3c4ccccc4-c4ccc5oc6ccccc6c5c43)n2)cc1. The lowest BCUT2D eigenvalue weighted by molar-refractivity contribution is 0.668. The minimum atomic E-state index is -0.114. The van der Waals surface area contributed by atoms with Crippen LogP contribution in [0.3, 0.4) is 0 Å². The summed E-state index contributed by atoms with van der Waals surface area (Å²) in [6.07, 6.45) is 0. The molecule has 11 rings (SSSR count). The molecule has 0 spiro atoms. The van der Waals surface area contributed by atoms with Gasteiger partial charge in [0, 0.05) is 33.4 Å². The van der Waals surface area contributed by atoms with Crippen molar-refractivity contribution >= 4 is 21.9 Å². The van der Waals surface area contributed by atoms with E-state index in [1.165, 1.54) is 33.4 Å². The van der Waals surface area contributed by atoms with E-state index < -0.39 is 0 Å². The molecule has 0 fully saturated rings. The zero-order valence-corrected chi connectivity index (χ0v) is 30.3. The van der Waals surface area contributed by atoms with Crippen LogP contribution in [0, 0.1) is 0 Å². The highest BCUT2D eigenvalue weighted by Gasteiger charge is 2.35. The topological polar surface area (TPSA) is 51.8 Å². The summed E-state index contributed by atoms with van der Waals surface area (Å²) in [5.74, 6) is 1.77. The van der Waals surface area contributed by atoms with Gasteiger partial charge in [-0.25, -0.2) is 15.0 Å². The van der Waals surface area contributed by atoms with Crippen LogP contribution in [-0.4, -0.2) is 15.0 Å².